The number of nitrogens with zero attached hydrogens (tertiary/aromatic N) is 1. The Bertz CT molecular complexity index is 671. The molecule has 0 saturated heterocycles. The Morgan fingerprint density at radius 1 is 1.27 bits per heavy atom. The van der Waals surface area contributed by atoms with Gasteiger partial charge in [-0.1, -0.05) is 31.2 Å². The lowest BCUT2D eigenvalue weighted by atomic mass is 10.2. The first-order chi connectivity index (χ1) is 10.7. The van der Waals surface area contributed by atoms with E-state index in [-0.39, 0.29) is 18.3 Å². The highest BCUT2D eigenvalue weighted by molar-refractivity contribution is 5.82. The second-order valence-electron chi connectivity index (χ2n) is 4.64. The standard InChI is InChI=1S/C17H17FN2O2/c1-2-13-5-4-8-16(10-13)22-12-17(21)20-19-11-14-6-3-7-15(18)9-14/h3-11H,2,12H2,1H3,(H,20,21)/b19-11+. The topological polar surface area (TPSA) is 50.7 Å². The van der Waals surface area contributed by atoms with E-state index in [0.29, 0.717) is 11.3 Å². The molecule has 2 aromatic carbocycles. The van der Waals surface area contributed by atoms with Gasteiger partial charge in [0.2, 0.25) is 0 Å². The van der Waals surface area contributed by atoms with Gasteiger partial charge < -0.3 is 4.74 Å². The first-order valence-corrected chi connectivity index (χ1v) is 6.96. The van der Waals surface area contributed by atoms with Crippen molar-refractivity contribution in [3.63, 3.8) is 0 Å². The molecule has 5 heteroatoms. The molecule has 1 amide bonds. The van der Waals surface area contributed by atoms with E-state index in [2.05, 4.69) is 10.5 Å². The molecule has 1 N–H and O–H groups in total. The van der Waals surface area contributed by atoms with Crippen LogP contribution in [0, 0.1) is 5.82 Å². The zero-order chi connectivity index (χ0) is 15.8. The summed E-state index contributed by atoms with van der Waals surface area (Å²) in [5.41, 5.74) is 4.04. The Morgan fingerprint density at radius 2 is 2.09 bits per heavy atom. The lowest BCUT2D eigenvalue weighted by Crippen LogP contribution is -2.24. The van der Waals surface area contributed by atoms with Gasteiger partial charge in [0.05, 0.1) is 6.21 Å². The van der Waals surface area contributed by atoms with Crippen LogP contribution in [0.1, 0.15) is 18.1 Å². The van der Waals surface area contributed by atoms with Crippen molar-refractivity contribution in [2.45, 2.75) is 13.3 Å². The van der Waals surface area contributed by atoms with E-state index in [1.54, 1.807) is 18.2 Å². The van der Waals surface area contributed by atoms with E-state index >= 15 is 0 Å². The van der Waals surface area contributed by atoms with Crippen LogP contribution in [0.3, 0.4) is 0 Å². The molecule has 114 valence electrons. The Morgan fingerprint density at radius 3 is 2.86 bits per heavy atom. The number of rotatable bonds is 6. The Balaban J connectivity index is 1.80. The van der Waals surface area contributed by atoms with Gasteiger partial charge in [0.15, 0.2) is 6.61 Å². The Hall–Kier alpha value is -2.69. The number of hydrogen-bond acceptors (Lipinski definition) is 3. The summed E-state index contributed by atoms with van der Waals surface area (Å²) in [5, 5.41) is 3.76. The molecule has 0 aliphatic rings. The lowest BCUT2D eigenvalue weighted by molar-refractivity contribution is -0.123. The molecule has 0 aliphatic heterocycles. The SMILES string of the molecule is CCc1cccc(OCC(=O)N/N=C/c2cccc(F)c2)c1. The molecule has 0 fully saturated rings. The van der Waals surface area contributed by atoms with E-state index in [1.165, 1.54) is 18.3 Å². The highest BCUT2D eigenvalue weighted by atomic mass is 19.1. The molecule has 0 radical (unpaired) electrons. The monoisotopic (exact) mass is 300 g/mol. The van der Waals surface area contributed by atoms with Gasteiger partial charge in [0.1, 0.15) is 11.6 Å². The summed E-state index contributed by atoms with van der Waals surface area (Å²) in [4.78, 5) is 11.6. The van der Waals surface area contributed by atoms with Crippen molar-refractivity contribution in [3.8, 4) is 5.75 Å². The van der Waals surface area contributed by atoms with Crippen LogP contribution in [-0.2, 0) is 11.2 Å². The molecule has 2 rings (SSSR count). The molecule has 2 aromatic rings. The van der Waals surface area contributed by atoms with Crippen molar-refractivity contribution >= 4 is 12.1 Å². The number of hydrogen-bond donors (Lipinski definition) is 1. The number of amides is 1. The van der Waals surface area contributed by atoms with Gasteiger partial charge in [-0.2, -0.15) is 5.10 Å². The third-order valence-corrected chi connectivity index (χ3v) is 2.93. The van der Waals surface area contributed by atoms with E-state index < -0.39 is 0 Å². The fraction of sp³-hybridized carbons (Fsp3) is 0.176. The minimum absolute atomic E-state index is 0.131. The van der Waals surface area contributed by atoms with Crippen LogP contribution in [0.5, 0.6) is 5.75 Å². The smallest absolute Gasteiger partial charge is 0.277 e. The van der Waals surface area contributed by atoms with E-state index in [9.17, 15) is 9.18 Å². The van der Waals surface area contributed by atoms with Crippen molar-refractivity contribution in [1.82, 2.24) is 5.43 Å². The van der Waals surface area contributed by atoms with Gasteiger partial charge in [-0.05, 0) is 41.8 Å². The molecule has 0 unspecified atom stereocenters. The first-order valence-electron chi connectivity index (χ1n) is 6.96. The van der Waals surface area contributed by atoms with Crippen molar-refractivity contribution in [2.24, 2.45) is 5.10 Å². The Labute approximate surface area is 128 Å². The van der Waals surface area contributed by atoms with Gasteiger partial charge >= 0.3 is 0 Å². The van der Waals surface area contributed by atoms with Gasteiger partial charge in [-0.15, -0.1) is 0 Å². The molecular formula is C17H17FN2O2. The fourth-order valence-corrected chi connectivity index (χ4v) is 1.80. The summed E-state index contributed by atoms with van der Waals surface area (Å²) < 4.78 is 18.3. The first kappa shape index (κ1) is 15.7. The summed E-state index contributed by atoms with van der Waals surface area (Å²) in [6, 6.07) is 13.5. The van der Waals surface area contributed by atoms with E-state index in [1.807, 2.05) is 25.1 Å². The second kappa shape index (κ2) is 7.93. The third kappa shape index (κ3) is 5.01. The molecule has 22 heavy (non-hydrogen) atoms. The van der Waals surface area contributed by atoms with Crippen molar-refractivity contribution in [3.05, 3.63) is 65.5 Å². The summed E-state index contributed by atoms with van der Waals surface area (Å²) in [6.07, 6.45) is 2.28. The zero-order valence-corrected chi connectivity index (χ0v) is 12.3. The molecule has 0 atom stereocenters. The van der Waals surface area contributed by atoms with Crippen LogP contribution >= 0.6 is 0 Å². The average Bonchev–Trinajstić information content (AvgIpc) is 2.53. The quantitative estimate of drug-likeness (QED) is 0.659. The molecule has 0 bridgehead atoms. The van der Waals surface area contributed by atoms with Crippen LogP contribution < -0.4 is 10.2 Å². The molecule has 0 aromatic heterocycles. The normalized spacial score (nSPS) is 10.6. The number of nitrogens with one attached hydrogen (secondary N) is 1. The molecule has 0 heterocycles. The number of ether oxygens (including phenoxy) is 1. The number of halogens is 1. The number of carbonyl (C=O) groups is 1. The van der Waals surface area contributed by atoms with E-state index in [4.69, 9.17) is 4.74 Å². The van der Waals surface area contributed by atoms with Gasteiger partial charge in [0.25, 0.3) is 5.91 Å². The summed E-state index contributed by atoms with van der Waals surface area (Å²) >= 11 is 0. The van der Waals surface area contributed by atoms with Crippen LogP contribution in [0.2, 0.25) is 0 Å². The molecule has 0 saturated carbocycles. The number of hydrazone groups is 1. The average molecular weight is 300 g/mol. The molecule has 4 nitrogen and oxygen atoms in total. The Kier molecular flexibility index (Phi) is 5.65. The van der Waals surface area contributed by atoms with Crippen LogP contribution in [0.25, 0.3) is 0 Å². The maximum absolute atomic E-state index is 13.0. The predicted octanol–water partition coefficient (Wildman–Crippen LogP) is 2.92. The van der Waals surface area contributed by atoms with Crippen LogP contribution in [0.15, 0.2) is 53.6 Å². The summed E-state index contributed by atoms with van der Waals surface area (Å²) in [6.45, 7) is 1.92. The second-order valence-corrected chi connectivity index (χ2v) is 4.64. The van der Waals surface area contributed by atoms with Crippen molar-refractivity contribution in [2.75, 3.05) is 6.61 Å². The number of carbonyl (C=O) groups excluding carboxylic acids is 1. The maximum Gasteiger partial charge on any atom is 0.277 e. The van der Waals surface area contributed by atoms with E-state index in [0.717, 1.165) is 12.0 Å². The summed E-state index contributed by atoms with van der Waals surface area (Å²) in [7, 11) is 0. The van der Waals surface area contributed by atoms with Gasteiger partial charge in [-0.3, -0.25) is 4.79 Å². The fourth-order valence-electron chi connectivity index (χ4n) is 1.80. The number of benzene rings is 2. The highest BCUT2D eigenvalue weighted by Gasteiger charge is 2.02. The zero-order valence-electron chi connectivity index (χ0n) is 12.3. The summed E-state index contributed by atoms with van der Waals surface area (Å²) in [5.74, 6) is -0.0902. The lowest BCUT2D eigenvalue weighted by Gasteiger charge is -2.06. The van der Waals surface area contributed by atoms with Gasteiger partial charge in [0, 0.05) is 0 Å². The highest BCUT2D eigenvalue weighted by Crippen LogP contribution is 2.13. The van der Waals surface area contributed by atoms with Crippen LogP contribution in [0.4, 0.5) is 4.39 Å². The largest absolute Gasteiger partial charge is 0.484 e. The number of aryl methyl sites for hydroxylation is 1. The molecule has 0 spiro atoms. The minimum atomic E-state index is -0.380. The third-order valence-electron chi connectivity index (χ3n) is 2.93. The van der Waals surface area contributed by atoms with Crippen LogP contribution in [-0.4, -0.2) is 18.7 Å². The predicted molar refractivity (Wildman–Crippen MR) is 83.5 cm³/mol. The maximum atomic E-state index is 13.0. The molecular weight excluding hydrogens is 283 g/mol. The van der Waals surface area contributed by atoms with Gasteiger partial charge in [-0.25, -0.2) is 9.82 Å². The van der Waals surface area contributed by atoms with Crippen molar-refractivity contribution < 1.29 is 13.9 Å². The van der Waals surface area contributed by atoms with Crippen molar-refractivity contribution in [1.29, 1.82) is 0 Å². The molecule has 0 aliphatic carbocycles. The minimum Gasteiger partial charge on any atom is -0.484 e.